The number of anilines is 1. The molecule has 0 aliphatic carbocycles. The summed E-state index contributed by atoms with van der Waals surface area (Å²) in [6, 6.07) is 1.71. The number of hydrogen-bond donors (Lipinski definition) is 1. The summed E-state index contributed by atoms with van der Waals surface area (Å²) in [5, 5.41) is 5.20. The van der Waals surface area contributed by atoms with Gasteiger partial charge < -0.3 is 19.9 Å². The van der Waals surface area contributed by atoms with Gasteiger partial charge in [-0.15, -0.1) is 11.3 Å². The lowest BCUT2D eigenvalue weighted by molar-refractivity contribution is -0.117. The molecule has 8 heteroatoms. The maximum atomic E-state index is 12.7. The van der Waals surface area contributed by atoms with Gasteiger partial charge in [-0.05, 0) is 31.2 Å². The second kappa shape index (κ2) is 6.57. The summed E-state index contributed by atoms with van der Waals surface area (Å²) in [6.07, 6.45) is 0.986. The van der Waals surface area contributed by atoms with Crippen LogP contribution >= 0.6 is 11.3 Å². The molecule has 0 radical (unpaired) electrons. The summed E-state index contributed by atoms with van der Waals surface area (Å²) in [5.74, 6) is -0.290. The van der Waals surface area contributed by atoms with Gasteiger partial charge in [0.15, 0.2) is 0 Å². The van der Waals surface area contributed by atoms with Gasteiger partial charge in [0.1, 0.15) is 11.5 Å². The number of thiophene rings is 1. The van der Waals surface area contributed by atoms with E-state index >= 15 is 0 Å². The summed E-state index contributed by atoms with van der Waals surface area (Å²) in [4.78, 5) is 39.7. The Morgan fingerprint density at radius 1 is 1.39 bits per heavy atom. The molecule has 2 aliphatic rings. The maximum absolute atomic E-state index is 12.7. The lowest BCUT2D eigenvalue weighted by Gasteiger charge is -2.37. The van der Waals surface area contributed by atoms with Crippen molar-refractivity contribution in [3.05, 3.63) is 17.0 Å². The molecule has 1 saturated heterocycles. The number of carbonyl (C=O) groups is 3. The monoisotopic (exact) mass is 337 g/mol. The van der Waals surface area contributed by atoms with Crippen molar-refractivity contribution in [3.8, 4) is 0 Å². The normalized spacial score (nSPS) is 19.2. The van der Waals surface area contributed by atoms with Gasteiger partial charge in [0, 0.05) is 19.1 Å². The number of rotatable bonds is 2. The quantitative estimate of drug-likeness (QED) is 0.892. The molecule has 3 amide bonds. The minimum Gasteiger partial charge on any atom is -0.450 e. The molecular formula is C15H19N3O4S. The molecule has 1 fully saturated rings. The first-order chi connectivity index (χ1) is 11.1. The number of amides is 3. The average molecular weight is 337 g/mol. The first kappa shape index (κ1) is 15.8. The summed E-state index contributed by atoms with van der Waals surface area (Å²) >= 11 is 1.36. The Morgan fingerprint density at radius 3 is 2.83 bits per heavy atom. The number of piperidine rings is 1. The van der Waals surface area contributed by atoms with Gasteiger partial charge in [-0.2, -0.15) is 0 Å². The van der Waals surface area contributed by atoms with Crippen LogP contribution in [0.2, 0.25) is 0 Å². The largest absolute Gasteiger partial charge is 0.450 e. The topological polar surface area (TPSA) is 79.0 Å². The highest BCUT2D eigenvalue weighted by Crippen LogP contribution is 2.29. The Bertz CT molecular complexity index is 622. The van der Waals surface area contributed by atoms with Crippen molar-refractivity contribution in [3.63, 3.8) is 0 Å². The summed E-state index contributed by atoms with van der Waals surface area (Å²) in [6.45, 7) is 3.25. The number of hydrogen-bond acceptors (Lipinski definition) is 5. The molecular weight excluding hydrogens is 318 g/mol. The van der Waals surface area contributed by atoms with Crippen LogP contribution in [0, 0.1) is 0 Å². The van der Waals surface area contributed by atoms with Gasteiger partial charge in [0.2, 0.25) is 5.91 Å². The molecule has 1 aromatic heterocycles. The fourth-order valence-electron chi connectivity index (χ4n) is 2.99. The van der Waals surface area contributed by atoms with Crippen LogP contribution in [0.25, 0.3) is 0 Å². The van der Waals surface area contributed by atoms with Crippen molar-refractivity contribution in [2.24, 2.45) is 0 Å². The maximum Gasteiger partial charge on any atom is 0.409 e. The van der Waals surface area contributed by atoms with E-state index in [1.807, 2.05) is 0 Å². The Labute approximate surface area is 138 Å². The van der Waals surface area contributed by atoms with Crippen LogP contribution in [0.15, 0.2) is 11.4 Å². The zero-order chi connectivity index (χ0) is 16.4. The van der Waals surface area contributed by atoms with Crippen molar-refractivity contribution in [2.45, 2.75) is 25.8 Å². The molecule has 0 unspecified atom stereocenters. The second-order valence-electron chi connectivity index (χ2n) is 5.56. The van der Waals surface area contributed by atoms with Crippen LogP contribution in [0.1, 0.15) is 30.1 Å². The Hall–Kier alpha value is -2.09. The van der Waals surface area contributed by atoms with Gasteiger partial charge >= 0.3 is 6.09 Å². The van der Waals surface area contributed by atoms with Crippen molar-refractivity contribution in [1.82, 2.24) is 9.80 Å². The predicted octanol–water partition coefficient (Wildman–Crippen LogP) is 1.76. The van der Waals surface area contributed by atoms with Crippen LogP contribution < -0.4 is 5.32 Å². The fraction of sp³-hybridized carbons (Fsp3) is 0.533. The lowest BCUT2D eigenvalue weighted by Crippen LogP contribution is -2.50. The van der Waals surface area contributed by atoms with Gasteiger partial charge in [-0.25, -0.2) is 4.79 Å². The van der Waals surface area contributed by atoms with E-state index in [0.717, 1.165) is 0 Å². The van der Waals surface area contributed by atoms with E-state index in [9.17, 15) is 14.4 Å². The van der Waals surface area contributed by atoms with Crippen molar-refractivity contribution in [2.75, 3.05) is 31.6 Å². The van der Waals surface area contributed by atoms with Crippen LogP contribution in [0.4, 0.5) is 9.80 Å². The summed E-state index contributed by atoms with van der Waals surface area (Å²) in [5.41, 5.74) is 0.550. The van der Waals surface area contributed by atoms with Crippen LogP contribution in [0.3, 0.4) is 0 Å². The fourth-order valence-corrected chi connectivity index (χ4v) is 3.79. The highest BCUT2D eigenvalue weighted by Gasteiger charge is 2.34. The standard InChI is InChI=1S/C15H19N3O4S/c1-2-22-15(21)17-6-3-10(4-7-17)18-9-12(19)16-13-11(14(18)20)5-8-23-13/h5,8,10H,2-4,6-7,9H2,1H3,(H,16,19). The van der Waals surface area contributed by atoms with E-state index in [-0.39, 0.29) is 30.5 Å². The van der Waals surface area contributed by atoms with Crippen LogP contribution in [-0.4, -0.2) is 60.0 Å². The molecule has 2 aliphatic heterocycles. The first-order valence-electron chi connectivity index (χ1n) is 7.70. The number of carbonyl (C=O) groups excluding carboxylic acids is 3. The number of ether oxygens (including phenoxy) is 1. The third-order valence-corrected chi connectivity index (χ3v) is 4.98. The number of fused-ring (bicyclic) bond motifs is 1. The smallest absolute Gasteiger partial charge is 0.409 e. The van der Waals surface area contributed by atoms with E-state index in [2.05, 4.69) is 5.32 Å². The van der Waals surface area contributed by atoms with Gasteiger partial charge in [0.25, 0.3) is 5.91 Å². The molecule has 124 valence electrons. The van der Waals surface area contributed by atoms with Crippen molar-refractivity contribution in [1.29, 1.82) is 0 Å². The molecule has 1 aromatic rings. The van der Waals surface area contributed by atoms with Crippen LogP contribution in [0.5, 0.6) is 0 Å². The zero-order valence-corrected chi connectivity index (χ0v) is 13.7. The molecule has 0 saturated carbocycles. The van der Waals surface area contributed by atoms with Gasteiger partial charge in [-0.3, -0.25) is 9.59 Å². The SMILES string of the molecule is CCOC(=O)N1CCC(N2CC(=O)Nc3sccc3C2=O)CC1. The average Bonchev–Trinajstić information content (AvgIpc) is 2.96. The summed E-state index contributed by atoms with van der Waals surface area (Å²) < 4.78 is 5.00. The molecule has 7 nitrogen and oxygen atoms in total. The number of likely N-dealkylation sites (tertiary alicyclic amines) is 1. The van der Waals surface area contributed by atoms with Crippen molar-refractivity contribution >= 4 is 34.2 Å². The van der Waals surface area contributed by atoms with Crippen LogP contribution in [-0.2, 0) is 9.53 Å². The minimum absolute atomic E-state index is 0.0372. The van der Waals surface area contributed by atoms with E-state index in [4.69, 9.17) is 4.74 Å². The molecule has 3 rings (SSSR count). The highest BCUT2D eigenvalue weighted by atomic mass is 32.1. The third kappa shape index (κ3) is 3.17. The Balaban J connectivity index is 1.69. The second-order valence-corrected chi connectivity index (χ2v) is 6.48. The van der Waals surface area contributed by atoms with E-state index in [1.165, 1.54) is 11.3 Å². The Morgan fingerprint density at radius 2 is 2.13 bits per heavy atom. The minimum atomic E-state index is -0.314. The predicted molar refractivity (Wildman–Crippen MR) is 85.6 cm³/mol. The molecule has 0 aromatic carbocycles. The van der Waals surface area contributed by atoms with E-state index in [0.29, 0.717) is 43.1 Å². The van der Waals surface area contributed by atoms with Gasteiger partial charge in [0.05, 0.1) is 12.2 Å². The highest BCUT2D eigenvalue weighted by molar-refractivity contribution is 7.14. The van der Waals surface area contributed by atoms with Crippen molar-refractivity contribution < 1.29 is 19.1 Å². The van der Waals surface area contributed by atoms with E-state index in [1.54, 1.807) is 28.2 Å². The van der Waals surface area contributed by atoms with Gasteiger partial charge in [-0.1, -0.05) is 0 Å². The molecule has 23 heavy (non-hydrogen) atoms. The number of nitrogens with one attached hydrogen (secondary N) is 1. The lowest BCUT2D eigenvalue weighted by atomic mass is 10.0. The summed E-state index contributed by atoms with van der Waals surface area (Å²) in [7, 11) is 0. The molecule has 0 bridgehead atoms. The molecule has 0 spiro atoms. The Kier molecular flexibility index (Phi) is 4.51. The third-order valence-electron chi connectivity index (χ3n) is 4.15. The molecule has 3 heterocycles. The molecule has 1 N–H and O–H groups in total. The molecule has 0 atom stereocenters. The zero-order valence-electron chi connectivity index (χ0n) is 12.9. The number of nitrogens with zero attached hydrogens (tertiary/aromatic N) is 2. The first-order valence-corrected chi connectivity index (χ1v) is 8.58. The van der Waals surface area contributed by atoms with E-state index < -0.39 is 0 Å².